The molecule has 0 amide bonds. The molecular formula is C17H31NO2. The number of fused-ring (bicyclic) bond motifs is 2. The van der Waals surface area contributed by atoms with Crippen LogP contribution in [0.4, 0.5) is 0 Å². The van der Waals surface area contributed by atoms with Gasteiger partial charge in [-0.25, -0.2) is 0 Å². The first-order valence-corrected chi connectivity index (χ1v) is 8.79. The van der Waals surface area contributed by atoms with E-state index >= 15 is 0 Å². The van der Waals surface area contributed by atoms with Gasteiger partial charge >= 0.3 is 0 Å². The van der Waals surface area contributed by atoms with Crippen molar-refractivity contribution in [3.8, 4) is 0 Å². The first kappa shape index (κ1) is 14.8. The topological polar surface area (TPSA) is 43.7 Å². The molecule has 2 bridgehead atoms. The Kier molecular flexibility index (Phi) is 4.68. The van der Waals surface area contributed by atoms with Crippen LogP contribution in [0.5, 0.6) is 0 Å². The minimum absolute atomic E-state index is 0.0760. The molecule has 0 aromatic rings. The molecule has 0 aromatic heterocycles. The maximum atomic E-state index is 10.4. The maximum absolute atomic E-state index is 10.4. The van der Waals surface area contributed by atoms with Crippen molar-refractivity contribution in [3.05, 3.63) is 0 Å². The Morgan fingerprint density at radius 1 is 0.950 bits per heavy atom. The van der Waals surface area contributed by atoms with Gasteiger partial charge in [0.15, 0.2) is 0 Å². The first-order chi connectivity index (χ1) is 9.67. The molecular weight excluding hydrogens is 250 g/mol. The van der Waals surface area contributed by atoms with E-state index in [-0.39, 0.29) is 12.2 Å². The van der Waals surface area contributed by atoms with Crippen molar-refractivity contribution >= 4 is 0 Å². The fourth-order valence-corrected chi connectivity index (χ4v) is 5.03. The molecule has 0 aromatic carbocycles. The molecule has 1 aliphatic carbocycles. The van der Waals surface area contributed by atoms with Gasteiger partial charge in [0.05, 0.1) is 12.2 Å². The summed E-state index contributed by atoms with van der Waals surface area (Å²) >= 11 is 0. The average Bonchev–Trinajstić information content (AvgIpc) is 2.66. The van der Waals surface area contributed by atoms with E-state index in [1.807, 2.05) is 0 Å². The number of piperidine rings is 1. The van der Waals surface area contributed by atoms with Crippen LogP contribution >= 0.6 is 0 Å². The monoisotopic (exact) mass is 281 g/mol. The van der Waals surface area contributed by atoms with Crippen molar-refractivity contribution in [1.29, 1.82) is 0 Å². The number of aliphatic hydroxyl groups is 2. The molecule has 3 fully saturated rings. The fourth-order valence-electron chi connectivity index (χ4n) is 5.03. The van der Waals surface area contributed by atoms with Crippen molar-refractivity contribution < 1.29 is 10.2 Å². The smallest absolute Gasteiger partial charge is 0.0580 e. The van der Waals surface area contributed by atoms with Crippen molar-refractivity contribution in [2.75, 3.05) is 6.54 Å². The van der Waals surface area contributed by atoms with Gasteiger partial charge in [0.2, 0.25) is 0 Å². The third kappa shape index (κ3) is 3.05. The summed E-state index contributed by atoms with van der Waals surface area (Å²) in [5.41, 5.74) is 0. The second-order valence-corrected chi connectivity index (χ2v) is 7.50. The largest absolute Gasteiger partial charge is 0.393 e. The standard InChI is InChI=1S/C17H31NO2/c1-2-3-12-4-7-17(20)13(8-12)11-18-14-5-6-15(18)10-16(19)9-14/h12-17,19-20H,2-11H2,1H3. The van der Waals surface area contributed by atoms with Crippen LogP contribution in [0.2, 0.25) is 0 Å². The van der Waals surface area contributed by atoms with Crippen LogP contribution in [0, 0.1) is 11.8 Å². The molecule has 5 unspecified atom stereocenters. The summed E-state index contributed by atoms with van der Waals surface area (Å²) in [5, 5.41) is 20.3. The average molecular weight is 281 g/mol. The van der Waals surface area contributed by atoms with E-state index in [1.54, 1.807) is 0 Å². The van der Waals surface area contributed by atoms with Crippen molar-refractivity contribution in [2.45, 2.75) is 89.0 Å². The van der Waals surface area contributed by atoms with Gasteiger partial charge in [0, 0.05) is 18.6 Å². The van der Waals surface area contributed by atoms with Crippen LogP contribution in [0.1, 0.15) is 64.7 Å². The summed E-state index contributed by atoms with van der Waals surface area (Å²) in [6.07, 6.45) is 10.3. The maximum Gasteiger partial charge on any atom is 0.0580 e. The summed E-state index contributed by atoms with van der Waals surface area (Å²) in [7, 11) is 0. The normalized spacial score (nSPS) is 45.8. The van der Waals surface area contributed by atoms with E-state index in [2.05, 4.69) is 11.8 Å². The summed E-state index contributed by atoms with van der Waals surface area (Å²) in [5.74, 6) is 1.31. The van der Waals surface area contributed by atoms with Gasteiger partial charge in [-0.15, -0.1) is 0 Å². The van der Waals surface area contributed by atoms with Crippen LogP contribution in [-0.4, -0.2) is 45.9 Å². The fraction of sp³-hybridized carbons (Fsp3) is 1.00. The molecule has 2 saturated heterocycles. The summed E-state index contributed by atoms with van der Waals surface area (Å²) in [6, 6.07) is 1.17. The van der Waals surface area contributed by atoms with E-state index in [0.717, 1.165) is 31.7 Å². The summed E-state index contributed by atoms with van der Waals surface area (Å²) in [6.45, 7) is 3.34. The molecule has 3 aliphatic rings. The van der Waals surface area contributed by atoms with E-state index < -0.39 is 0 Å². The van der Waals surface area contributed by atoms with Crippen LogP contribution < -0.4 is 0 Å². The number of nitrogens with zero attached hydrogens (tertiary/aromatic N) is 1. The second kappa shape index (κ2) is 6.33. The SMILES string of the molecule is CCCC1CCC(O)C(CN2C3CCC2CC(O)C3)C1. The van der Waals surface area contributed by atoms with E-state index in [4.69, 9.17) is 0 Å². The molecule has 116 valence electrons. The van der Waals surface area contributed by atoms with Gasteiger partial charge in [0.25, 0.3) is 0 Å². The molecule has 2 N–H and O–H groups in total. The van der Waals surface area contributed by atoms with Gasteiger partial charge in [-0.2, -0.15) is 0 Å². The Balaban J connectivity index is 1.59. The lowest BCUT2D eigenvalue weighted by Crippen LogP contribution is -2.49. The van der Waals surface area contributed by atoms with E-state index in [9.17, 15) is 10.2 Å². The van der Waals surface area contributed by atoms with Gasteiger partial charge in [-0.3, -0.25) is 4.90 Å². The Morgan fingerprint density at radius 3 is 2.30 bits per heavy atom. The van der Waals surface area contributed by atoms with Gasteiger partial charge in [-0.1, -0.05) is 19.8 Å². The summed E-state index contributed by atoms with van der Waals surface area (Å²) in [4.78, 5) is 2.63. The molecule has 2 heterocycles. The Morgan fingerprint density at radius 2 is 1.65 bits per heavy atom. The molecule has 1 saturated carbocycles. The molecule has 2 aliphatic heterocycles. The second-order valence-electron chi connectivity index (χ2n) is 7.50. The highest BCUT2D eigenvalue weighted by Crippen LogP contribution is 2.39. The lowest BCUT2D eigenvalue weighted by molar-refractivity contribution is -0.0143. The van der Waals surface area contributed by atoms with Crippen LogP contribution in [0.3, 0.4) is 0 Å². The van der Waals surface area contributed by atoms with Crippen LogP contribution in [-0.2, 0) is 0 Å². The van der Waals surface area contributed by atoms with Crippen LogP contribution in [0.25, 0.3) is 0 Å². The predicted octanol–water partition coefficient (Wildman–Crippen LogP) is 2.55. The number of hydrogen-bond acceptors (Lipinski definition) is 3. The van der Waals surface area contributed by atoms with Crippen molar-refractivity contribution in [1.82, 2.24) is 4.90 Å². The highest BCUT2D eigenvalue weighted by Gasteiger charge is 2.42. The summed E-state index contributed by atoms with van der Waals surface area (Å²) < 4.78 is 0. The lowest BCUT2D eigenvalue weighted by Gasteiger charge is -2.42. The molecule has 3 nitrogen and oxygen atoms in total. The van der Waals surface area contributed by atoms with Gasteiger partial charge in [0.1, 0.15) is 0 Å². The van der Waals surface area contributed by atoms with E-state index in [1.165, 1.54) is 38.5 Å². The van der Waals surface area contributed by atoms with Crippen molar-refractivity contribution in [2.24, 2.45) is 11.8 Å². The molecule has 5 atom stereocenters. The number of hydrogen-bond donors (Lipinski definition) is 2. The van der Waals surface area contributed by atoms with Crippen LogP contribution in [0.15, 0.2) is 0 Å². The molecule has 0 radical (unpaired) electrons. The number of rotatable bonds is 4. The van der Waals surface area contributed by atoms with E-state index in [0.29, 0.717) is 18.0 Å². The third-order valence-electron chi connectivity index (χ3n) is 6.05. The zero-order chi connectivity index (χ0) is 14.1. The van der Waals surface area contributed by atoms with Gasteiger partial charge < -0.3 is 10.2 Å². The Bertz CT molecular complexity index is 308. The molecule has 3 rings (SSSR count). The quantitative estimate of drug-likeness (QED) is 0.832. The zero-order valence-electron chi connectivity index (χ0n) is 12.9. The Labute approximate surface area is 123 Å². The molecule has 0 spiro atoms. The minimum atomic E-state index is -0.0886. The highest BCUT2D eigenvalue weighted by atomic mass is 16.3. The first-order valence-electron chi connectivity index (χ1n) is 8.79. The Hall–Kier alpha value is -0.120. The van der Waals surface area contributed by atoms with Gasteiger partial charge in [-0.05, 0) is 56.8 Å². The number of aliphatic hydroxyl groups excluding tert-OH is 2. The highest BCUT2D eigenvalue weighted by molar-refractivity contribution is 4.97. The molecule has 20 heavy (non-hydrogen) atoms. The zero-order valence-corrected chi connectivity index (χ0v) is 12.9. The lowest BCUT2D eigenvalue weighted by atomic mass is 9.77. The van der Waals surface area contributed by atoms with Crippen molar-refractivity contribution in [3.63, 3.8) is 0 Å². The third-order valence-corrected chi connectivity index (χ3v) is 6.05. The predicted molar refractivity (Wildman–Crippen MR) is 80.5 cm³/mol. The minimum Gasteiger partial charge on any atom is -0.393 e. The molecule has 3 heteroatoms.